The first-order valence-corrected chi connectivity index (χ1v) is 11.3. The number of hydrogen-bond acceptors (Lipinski definition) is 2. The van der Waals surface area contributed by atoms with E-state index in [4.69, 9.17) is 9.84 Å². The number of hydrogen-bond donors (Lipinski definition) is 1. The van der Waals surface area contributed by atoms with Gasteiger partial charge in [-0.1, -0.05) is 36.4 Å². The van der Waals surface area contributed by atoms with Crippen LogP contribution in [0.15, 0.2) is 78.9 Å². The highest BCUT2D eigenvalue weighted by Gasteiger charge is 2.06. The summed E-state index contributed by atoms with van der Waals surface area (Å²) in [5.41, 5.74) is 4.43. The van der Waals surface area contributed by atoms with Gasteiger partial charge in [-0.3, -0.25) is 4.79 Å². The molecule has 0 aliphatic rings. The molecule has 0 amide bonds. The number of benzene rings is 3. The van der Waals surface area contributed by atoms with Gasteiger partial charge in [-0.25, -0.2) is 0 Å². The maximum absolute atomic E-state index is 10.7. The minimum atomic E-state index is -0.783. The molecule has 0 unspecified atom stereocenters. The molecule has 1 N–H and O–H groups in total. The second kappa shape index (κ2) is 10.8. The van der Waals surface area contributed by atoms with Crippen molar-refractivity contribution in [3.63, 3.8) is 0 Å². The molecule has 0 aliphatic carbocycles. The number of rotatable bonds is 8. The zero-order valence-electron chi connectivity index (χ0n) is 15.6. The van der Waals surface area contributed by atoms with Gasteiger partial charge in [0.1, 0.15) is 12.4 Å². The minimum absolute atomic E-state index is 0.137. The normalized spacial score (nSPS) is 10.4. The van der Waals surface area contributed by atoms with Gasteiger partial charge in [-0.2, -0.15) is 0 Å². The number of carbonyl (C=O) groups is 1. The monoisotopic (exact) mass is 610 g/mol. The van der Waals surface area contributed by atoms with Crippen LogP contribution in [0.25, 0.3) is 5.57 Å². The first kappa shape index (κ1) is 21.8. The first-order chi connectivity index (χ1) is 14.0. The molecular weight excluding hydrogens is 590 g/mol. The van der Waals surface area contributed by atoms with Crippen molar-refractivity contribution in [3.8, 4) is 5.75 Å². The maximum Gasteiger partial charge on any atom is 0.303 e. The van der Waals surface area contributed by atoms with E-state index in [-0.39, 0.29) is 6.42 Å². The Morgan fingerprint density at radius 3 is 1.83 bits per heavy atom. The van der Waals surface area contributed by atoms with Crippen molar-refractivity contribution in [2.45, 2.75) is 12.8 Å². The van der Waals surface area contributed by atoms with Crippen molar-refractivity contribution in [1.82, 2.24) is 0 Å². The minimum Gasteiger partial charge on any atom is -0.490 e. The molecule has 0 saturated carbocycles. The van der Waals surface area contributed by atoms with Gasteiger partial charge in [0.25, 0.3) is 0 Å². The molecule has 3 nitrogen and oxygen atoms in total. The van der Waals surface area contributed by atoms with Crippen LogP contribution in [0.4, 0.5) is 0 Å². The van der Waals surface area contributed by atoms with E-state index in [1.807, 2.05) is 24.3 Å². The fourth-order valence-corrected chi connectivity index (χ4v) is 3.61. The fourth-order valence-electron chi connectivity index (χ4n) is 2.89. The van der Waals surface area contributed by atoms with Crippen LogP contribution in [-0.2, 0) is 11.2 Å². The molecule has 0 heterocycles. The van der Waals surface area contributed by atoms with E-state index in [9.17, 15) is 4.79 Å². The molecule has 0 saturated heterocycles. The van der Waals surface area contributed by atoms with Gasteiger partial charge in [0, 0.05) is 13.6 Å². The molecule has 3 rings (SSSR count). The average Bonchev–Trinajstić information content (AvgIpc) is 2.72. The Hall–Kier alpha value is -1.87. The van der Waals surface area contributed by atoms with Crippen LogP contribution >= 0.6 is 45.2 Å². The highest BCUT2D eigenvalue weighted by Crippen LogP contribution is 2.25. The predicted octanol–water partition coefficient (Wildman–Crippen LogP) is 6.42. The molecule has 0 bridgehead atoms. The Bertz CT molecular complexity index is 929. The standard InChI is InChI=1S/C24H20I2O3/c25-20-8-4-18(5-9-20)23(19-6-10-21(26)11-7-19)15-16-29-22-12-1-17(2-13-22)3-14-24(27)28/h1-2,4-13,15H,3,14,16H2,(H,27,28). The lowest BCUT2D eigenvalue weighted by atomic mass is 9.98. The highest BCUT2D eigenvalue weighted by atomic mass is 127. The summed E-state index contributed by atoms with van der Waals surface area (Å²) in [6.07, 6.45) is 2.76. The van der Waals surface area contributed by atoms with Crippen LogP contribution in [0.3, 0.4) is 0 Å². The Kier molecular flexibility index (Phi) is 8.11. The second-order valence-corrected chi connectivity index (χ2v) is 8.97. The van der Waals surface area contributed by atoms with Crippen LogP contribution in [0.1, 0.15) is 23.1 Å². The lowest BCUT2D eigenvalue weighted by molar-refractivity contribution is -0.136. The first-order valence-electron chi connectivity index (χ1n) is 9.17. The Balaban J connectivity index is 1.73. The van der Waals surface area contributed by atoms with Gasteiger partial charge in [0.15, 0.2) is 0 Å². The van der Waals surface area contributed by atoms with Crippen LogP contribution in [0.2, 0.25) is 0 Å². The van der Waals surface area contributed by atoms with E-state index >= 15 is 0 Å². The van der Waals surface area contributed by atoms with E-state index < -0.39 is 5.97 Å². The largest absolute Gasteiger partial charge is 0.490 e. The van der Waals surface area contributed by atoms with Crippen LogP contribution < -0.4 is 4.74 Å². The number of aliphatic carboxylic acids is 1. The van der Waals surface area contributed by atoms with E-state index in [1.165, 1.54) is 7.14 Å². The summed E-state index contributed by atoms with van der Waals surface area (Å²) in [6.45, 7) is 0.446. The van der Waals surface area contributed by atoms with Gasteiger partial charge in [-0.05, 0) is 116 Å². The summed E-state index contributed by atoms with van der Waals surface area (Å²) in [7, 11) is 0. The van der Waals surface area contributed by atoms with Crippen LogP contribution in [0, 0.1) is 7.14 Å². The van der Waals surface area contributed by atoms with Crippen molar-refractivity contribution in [1.29, 1.82) is 0 Å². The van der Waals surface area contributed by atoms with Crippen molar-refractivity contribution in [2.75, 3.05) is 6.61 Å². The smallest absolute Gasteiger partial charge is 0.303 e. The highest BCUT2D eigenvalue weighted by molar-refractivity contribution is 14.1. The van der Waals surface area contributed by atoms with E-state index in [2.05, 4.69) is 99.8 Å². The molecular formula is C24H20I2O3. The topological polar surface area (TPSA) is 46.5 Å². The molecule has 148 valence electrons. The molecule has 29 heavy (non-hydrogen) atoms. The molecule has 0 spiro atoms. The van der Waals surface area contributed by atoms with Gasteiger partial charge < -0.3 is 9.84 Å². The molecule has 3 aromatic rings. The summed E-state index contributed by atoms with van der Waals surface area (Å²) < 4.78 is 8.31. The number of carboxylic acid groups (broad SMARTS) is 1. The van der Waals surface area contributed by atoms with Crippen molar-refractivity contribution >= 4 is 56.7 Å². The summed E-state index contributed by atoms with van der Waals surface area (Å²) >= 11 is 4.62. The van der Waals surface area contributed by atoms with E-state index in [0.29, 0.717) is 13.0 Å². The average molecular weight is 610 g/mol. The molecule has 0 aromatic heterocycles. The summed E-state index contributed by atoms with van der Waals surface area (Å²) in [5.74, 6) is -0.0147. The summed E-state index contributed by atoms with van der Waals surface area (Å²) in [5, 5.41) is 8.78. The second-order valence-electron chi connectivity index (χ2n) is 6.48. The van der Waals surface area contributed by atoms with E-state index in [1.54, 1.807) is 0 Å². The lowest BCUT2D eigenvalue weighted by Crippen LogP contribution is -1.99. The van der Waals surface area contributed by atoms with Crippen molar-refractivity contribution in [2.24, 2.45) is 0 Å². The molecule has 0 fully saturated rings. The predicted molar refractivity (Wildman–Crippen MR) is 133 cm³/mol. The number of aryl methyl sites for hydroxylation is 1. The third kappa shape index (κ3) is 6.85. The fraction of sp³-hybridized carbons (Fsp3) is 0.125. The Morgan fingerprint density at radius 2 is 1.34 bits per heavy atom. The van der Waals surface area contributed by atoms with Gasteiger partial charge in [0.05, 0.1) is 0 Å². The Morgan fingerprint density at radius 1 is 0.828 bits per heavy atom. The van der Waals surface area contributed by atoms with Gasteiger partial charge in [0.2, 0.25) is 0 Å². The SMILES string of the molecule is O=C(O)CCc1ccc(OCC=C(c2ccc(I)cc2)c2ccc(I)cc2)cc1. The zero-order chi connectivity index (χ0) is 20.6. The van der Waals surface area contributed by atoms with E-state index in [0.717, 1.165) is 28.0 Å². The summed E-state index contributed by atoms with van der Waals surface area (Å²) in [4.78, 5) is 10.7. The Labute approximate surface area is 198 Å². The number of halogens is 2. The lowest BCUT2D eigenvalue weighted by Gasteiger charge is -2.11. The van der Waals surface area contributed by atoms with Crippen LogP contribution in [0.5, 0.6) is 5.75 Å². The van der Waals surface area contributed by atoms with Gasteiger partial charge in [-0.15, -0.1) is 0 Å². The molecule has 0 aliphatic heterocycles. The van der Waals surface area contributed by atoms with Crippen molar-refractivity contribution < 1.29 is 14.6 Å². The number of ether oxygens (including phenoxy) is 1. The zero-order valence-corrected chi connectivity index (χ0v) is 20.0. The quantitative estimate of drug-likeness (QED) is 0.300. The maximum atomic E-state index is 10.7. The van der Waals surface area contributed by atoms with Gasteiger partial charge >= 0.3 is 5.97 Å². The molecule has 3 aromatic carbocycles. The number of carboxylic acids is 1. The van der Waals surface area contributed by atoms with Crippen molar-refractivity contribution in [3.05, 3.63) is 103 Å². The molecule has 0 atom stereocenters. The third-order valence-corrected chi connectivity index (χ3v) is 5.84. The van der Waals surface area contributed by atoms with Crippen LogP contribution in [-0.4, -0.2) is 17.7 Å². The molecule has 5 heteroatoms. The summed E-state index contributed by atoms with van der Waals surface area (Å²) in [6, 6.07) is 24.5. The third-order valence-electron chi connectivity index (χ3n) is 4.40. The molecule has 0 radical (unpaired) electrons.